The van der Waals surface area contributed by atoms with Crippen molar-refractivity contribution in [3.63, 3.8) is 0 Å². The summed E-state index contributed by atoms with van der Waals surface area (Å²) in [5.74, 6) is -0.775. The van der Waals surface area contributed by atoms with Gasteiger partial charge in [-0.1, -0.05) is 34.1 Å². The van der Waals surface area contributed by atoms with E-state index in [-0.39, 0.29) is 24.5 Å². The van der Waals surface area contributed by atoms with Crippen molar-refractivity contribution >= 4 is 50.8 Å². The zero-order valence-corrected chi connectivity index (χ0v) is 18.3. The first-order chi connectivity index (χ1) is 13.9. The number of hydrogen-bond acceptors (Lipinski definition) is 6. The molecule has 2 heterocycles. The number of hydrogen-bond donors (Lipinski definition) is 0. The zero-order chi connectivity index (χ0) is 21.0. The number of rotatable bonds is 5. The second-order valence-electron chi connectivity index (χ2n) is 6.18. The van der Waals surface area contributed by atoms with Gasteiger partial charge in [0.1, 0.15) is 9.20 Å². The van der Waals surface area contributed by atoms with Gasteiger partial charge in [-0.25, -0.2) is 4.79 Å². The number of Topliss-reactive ketones (excluding diaryl/α,β-unsaturated/α-hetero) is 1. The van der Waals surface area contributed by atoms with Crippen LogP contribution in [0.15, 0.2) is 58.0 Å². The predicted molar refractivity (Wildman–Crippen MR) is 117 cm³/mol. The Morgan fingerprint density at radius 2 is 1.93 bits per heavy atom. The molecule has 3 rings (SSSR count). The van der Waals surface area contributed by atoms with Crippen LogP contribution in [0.25, 0.3) is 11.8 Å². The highest BCUT2D eigenvalue weighted by Crippen LogP contribution is 2.11. The first-order valence-electron chi connectivity index (χ1n) is 8.89. The first-order valence-corrected chi connectivity index (χ1v) is 10.5. The van der Waals surface area contributed by atoms with Crippen LogP contribution in [0.1, 0.15) is 17.3 Å². The molecule has 0 spiro atoms. The monoisotopic (exact) mass is 474 g/mol. The first kappa shape index (κ1) is 21.0. The summed E-state index contributed by atoms with van der Waals surface area (Å²) < 4.78 is 7.99. The molecule has 150 valence electrons. The Balaban J connectivity index is 2.13. The molecule has 8 heteroatoms. The molecule has 0 N–H and O–H groups in total. The van der Waals surface area contributed by atoms with Crippen molar-refractivity contribution in [1.82, 2.24) is 9.47 Å². The smallest absolute Gasteiger partial charge is 0.333 e. The van der Waals surface area contributed by atoms with Gasteiger partial charge in [-0.15, -0.1) is 11.3 Å². The fraction of sp³-hybridized carbons (Fsp3) is 0.190. The van der Waals surface area contributed by atoms with Crippen LogP contribution in [-0.4, -0.2) is 34.9 Å². The second kappa shape index (κ2) is 9.19. The number of aromatic nitrogens is 1. The number of thiazole rings is 1. The van der Waals surface area contributed by atoms with E-state index in [9.17, 15) is 14.4 Å². The van der Waals surface area contributed by atoms with Crippen LogP contribution in [0, 0.1) is 0 Å². The van der Waals surface area contributed by atoms with Gasteiger partial charge in [0.05, 0.1) is 24.9 Å². The number of carbonyl (C=O) groups is 2. The van der Waals surface area contributed by atoms with Crippen molar-refractivity contribution < 1.29 is 14.3 Å². The summed E-state index contributed by atoms with van der Waals surface area (Å²) in [6, 6.07) is 6.92. The van der Waals surface area contributed by atoms with Gasteiger partial charge in [0.25, 0.3) is 5.56 Å². The number of nitrogens with zero attached hydrogens (tertiary/aromatic N) is 2. The Morgan fingerprint density at radius 1 is 1.21 bits per heavy atom. The summed E-state index contributed by atoms with van der Waals surface area (Å²) >= 11 is 4.50. The third-order valence-corrected chi connectivity index (χ3v) is 5.86. The van der Waals surface area contributed by atoms with Gasteiger partial charge < -0.3 is 9.64 Å². The predicted octanol–water partition coefficient (Wildman–Crippen LogP) is 2.02. The van der Waals surface area contributed by atoms with Crippen LogP contribution in [0.4, 0.5) is 0 Å². The van der Waals surface area contributed by atoms with Crippen molar-refractivity contribution in [2.24, 2.45) is 0 Å². The Labute approximate surface area is 179 Å². The number of likely N-dealkylation sites (N-methyl/N-ethyl adjacent to an activating group) is 1. The number of benzene rings is 1. The minimum Gasteiger partial charge on any atom is -0.463 e. The van der Waals surface area contributed by atoms with Crippen LogP contribution >= 0.6 is 27.3 Å². The van der Waals surface area contributed by atoms with E-state index >= 15 is 0 Å². The van der Waals surface area contributed by atoms with E-state index in [1.807, 2.05) is 36.4 Å². The number of halogens is 1. The SMILES string of the molecule is CCOC(=O)C=c1sc(=C2C=CC=CN2C)c(=O)n1CC(=O)c1ccc(Br)cc1. The lowest BCUT2D eigenvalue weighted by atomic mass is 10.1. The van der Waals surface area contributed by atoms with Gasteiger partial charge in [0.15, 0.2) is 5.78 Å². The molecule has 0 fully saturated rings. The van der Waals surface area contributed by atoms with Crippen molar-refractivity contribution in [3.05, 3.63) is 78.3 Å². The Kier molecular flexibility index (Phi) is 6.66. The van der Waals surface area contributed by atoms with Crippen molar-refractivity contribution in [2.45, 2.75) is 13.5 Å². The van der Waals surface area contributed by atoms with Crippen molar-refractivity contribution in [2.75, 3.05) is 13.7 Å². The van der Waals surface area contributed by atoms with E-state index in [0.717, 1.165) is 15.8 Å². The molecule has 0 atom stereocenters. The highest BCUT2D eigenvalue weighted by Gasteiger charge is 2.15. The van der Waals surface area contributed by atoms with Gasteiger partial charge in [-0.2, -0.15) is 0 Å². The summed E-state index contributed by atoms with van der Waals surface area (Å²) in [5, 5.41) is 0. The molecule has 1 aliphatic heterocycles. The standard InChI is InChI=1S/C21H19BrN2O4S/c1-3-28-19(26)12-18-24(13-17(25)14-7-9-15(22)10-8-14)21(27)20(29-18)16-6-4-5-11-23(16)2/h4-12H,3,13H2,1-2H3. The highest BCUT2D eigenvalue weighted by molar-refractivity contribution is 9.10. The van der Waals surface area contributed by atoms with E-state index in [2.05, 4.69) is 15.9 Å². The number of esters is 1. The molecule has 0 saturated heterocycles. The third kappa shape index (κ3) is 4.83. The third-order valence-electron chi connectivity index (χ3n) is 4.20. The van der Waals surface area contributed by atoms with Gasteiger partial charge in [0.2, 0.25) is 0 Å². The van der Waals surface area contributed by atoms with E-state index in [1.54, 1.807) is 31.2 Å². The molecule has 0 aliphatic carbocycles. The van der Waals surface area contributed by atoms with Crippen molar-refractivity contribution in [1.29, 1.82) is 0 Å². The number of carbonyl (C=O) groups excluding carboxylic acids is 2. The van der Waals surface area contributed by atoms with E-state index in [1.165, 1.54) is 10.6 Å². The Bertz CT molecular complexity index is 1170. The Morgan fingerprint density at radius 3 is 2.59 bits per heavy atom. The molecule has 2 aromatic rings. The Hall–Kier alpha value is -2.71. The number of allylic oxidation sites excluding steroid dienone is 2. The molecular weight excluding hydrogens is 456 g/mol. The fourth-order valence-corrected chi connectivity index (χ4v) is 4.16. The average Bonchev–Trinajstić information content (AvgIpc) is 2.98. The average molecular weight is 475 g/mol. The molecule has 0 saturated carbocycles. The van der Waals surface area contributed by atoms with Crippen LogP contribution in [-0.2, 0) is 16.1 Å². The van der Waals surface area contributed by atoms with Crippen LogP contribution in [0.2, 0.25) is 0 Å². The number of ketones is 1. The summed E-state index contributed by atoms with van der Waals surface area (Å²) in [6.45, 7) is 1.77. The van der Waals surface area contributed by atoms with E-state index < -0.39 is 5.97 Å². The quantitative estimate of drug-likeness (QED) is 0.489. The lowest BCUT2D eigenvalue weighted by Crippen LogP contribution is -2.36. The molecule has 1 aromatic heterocycles. The zero-order valence-electron chi connectivity index (χ0n) is 15.9. The van der Waals surface area contributed by atoms with E-state index in [0.29, 0.717) is 20.5 Å². The summed E-state index contributed by atoms with van der Waals surface area (Å²) in [7, 11) is 1.83. The van der Waals surface area contributed by atoms with Gasteiger partial charge in [-0.05, 0) is 31.2 Å². The van der Waals surface area contributed by atoms with E-state index in [4.69, 9.17) is 4.74 Å². The molecular formula is C21H19BrN2O4S. The van der Waals surface area contributed by atoms with Crippen LogP contribution < -0.4 is 14.8 Å². The van der Waals surface area contributed by atoms with Gasteiger partial charge in [-0.3, -0.25) is 14.2 Å². The molecule has 0 unspecified atom stereocenters. The molecule has 0 radical (unpaired) electrons. The van der Waals surface area contributed by atoms with Gasteiger partial charge in [0, 0.05) is 23.3 Å². The van der Waals surface area contributed by atoms with Crippen LogP contribution in [0.3, 0.4) is 0 Å². The fourth-order valence-electron chi connectivity index (χ4n) is 2.76. The summed E-state index contributed by atoms with van der Waals surface area (Å²) in [5.41, 5.74) is 0.869. The molecule has 0 bridgehead atoms. The van der Waals surface area contributed by atoms with Gasteiger partial charge >= 0.3 is 5.97 Å². The minimum atomic E-state index is -0.553. The molecule has 0 amide bonds. The minimum absolute atomic E-state index is 0.168. The molecule has 1 aliphatic rings. The van der Waals surface area contributed by atoms with Crippen molar-refractivity contribution in [3.8, 4) is 0 Å². The number of ether oxygens (including phenoxy) is 1. The maximum absolute atomic E-state index is 13.1. The summed E-state index contributed by atoms with van der Waals surface area (Å²) in [4.78, 5) is 39.7. The molecule has 6 nitrogen and oxygen atoms in total. The largest absolute Gasteiger partial charge is 0.463 e. The lowest BCUT2D eigenvalue weighted by molar-refractivity contribution is -0.135. The summed E-state index contributed by atoms with van der Waals surface area (Å²) in [6.07, 6.45) is 8.61. The molecule has 29 heavy (non-hydrogen) atoms. The maximum Gasteiger partial charge on any atom is 0.333 e. The second-order valence-corrected chi connectivity index (χ2v) is 8.13. The molecule has 1 aromatic carbocycles. The normalized spacial score (nSPS) is 15.7. The highest BCUT2D eigenvalue weighted by atomic mass is 79.9. The van der Waals surface area contributed by atoms with Crippen LogP contribution in [0.5, 0.6) is 0 Å². The lowest BCUT2D eigenvalue weighted by Gasteiger charge is -2.16. The topological polar surface area (TPSA) is 68.6 Å². The maximum atomic E-state index is 13.1.